The molecule has 2 atom stereocenters. The van der Waals surface area contributed by atoms with Gasteiger partial charge in [-0.3, -0.25) is 9.59 Å². The number of unbranched alkanes of at least 4 members (excludes halogenated alkanes) is 49. The molecule has 0 aromatic heterocycles. The summed E-state index contributed by atoms with van der Waals surface area (Å²) in [5.74, 6) is -2.25. The summed E-state index contributed by atoms with van der Waals surface area (Å²) in [7, 11) is 5.95. The Labute approximate surface area is 565 Å². The molecule has 0 aliphatic heterocycles. The maximum absolute atomic E-state index is 13.0. The average Bonchev–Trinajstić information content (AvgIpc) is 3.50. The first kappa shape index (κ1) is 88.0. The Morgan fingerprint density at radius 1 is 0.341 bits per heavy atom. The van der Waals surface area contributed by atoms with E-state index in [-0.39, 0.29) is 32.2 Å². The number of rotatable bonds is 74. The number of likely N-dealkylation sites (N-methyl/N-ethyl adjacent to an activating group) is 1. The van der Waals surface area contributed by atoms with Crippen LogP contribution in [0.1, 0.15) is 386 Å². The summed E-state index contributed by atoms with van der Waals surface area (Å²) in [6, 6.07) is 0. The van der Waals surface area contributed by atoms with Gasteiger partial charge in [0.15, 0.2) is 12.4 Å². The van der Waals surface area contributed by atoms with Crippen molar-refractivity contribution in [3.8, 4) is 0 Å². The molecule has 0 saturated heterocycles. The summed E-state index contributed by atoms with van der Waals surface area (Å²) in [6.07, 6.45) is 93.4. The van der Waals surface area contributed by atoms with E-state index in [2.05, 4.69) is 74.6 Å². The average molecular weight is 1280 g/mol. The van der Waals surface area contributed by atoms with Crippen molar-refractivity contribution in [2.45, 2.75) is 399 Å². The van der Waals surface area contributed by atoms with Crippen LogP contribution >= 0.6 is 0 Å². The maximum atomic E-state index is 13.0. The topological polar surface area (TPSA) is 111 Å². The standard InChI is InChI=1S/C82H151NO8/c1-6-8-10-12-14-16-18-20-22-24-26-28-30-32-34-36-37-38-39-40-41-42-43-45-47-49-51-53-55-57-59-61-63-65-67-69-71-73-80(85)91-78(77-90-82(81(86)87)88-75-74-83(3,4)5)76-89-79(84)72-70-68-66-64-62-60-58-56-54-52-50-48-46-44-35-33-31-29-27-25-23-21-19-17-15-13-11-9-7-2/h8,10,14,16,20,22,26,28,32,34,78,82H,6-7,9,11-13,15,17-19,21,23-25,27,29-31,33,35-77H2,1-5H3/b10-8-,16-14-,22-20-,28-26-,34-32-. The first-order chi connectivity index (χ1) is 44.6. The second-order valence-corrected chi connectivity index (χ2v) is 28.0. The van der Waals surface area contributed by atoms with Crippen LogP contribution < -0.4 is 5.11 Å². The number of aliphatic carboxylic acids is 1. The van der Waals surface area contributed by atoms with Crippen LogP contribution in [0.4, 0.5) is 0 Å². The van der Waals surface area contributed by atoms with E-state index in [1.807, 2.05) is 21.1 Å². The van der Waals surface area contributed by atoms with Crippen molar-refractivity contribution >= 4 is 17.9 Å². The van der Waals surface area contributed by atoms with Gasteiger partial charge in [-0.05, 0) is 57.8 Å². The summed E-state index contributed by atoms with van der Waals surface area (Å²) in [6.45, 7) is 4.71. The Bertz CT molecular complexity index is 1680. The number of carboxylic acid groups (broad SMARTS) is 1. The van der Waals surface area contributed by atoms with E-state index < -0.39 is 24.3 Å². The van der Waals surface area contributed by atoms with Gasteiger partial charge in [0.05, 0.1) is 40.3 Å². The molecule has 0 aliphatic carbocycles. The second kappa shape index (κ2) is 72.8. The highest BCUT2D eigenvalue weighted by Gasteiger charge is 2.22. The SMILES string of the molecule is CC/C=C\C/C=C\C/C=C\C/C=C\C/C=C\CCCCCCCCCCCCCCCCCCCCCCCC(=O)OC(COC(=O)CCCCCCCCCCCCCCCCCCCCCCCCCCCCCCC)COC(OCC[N+](C)(C)C)C(=O)[O-]. The minimum atomic E-state index is -1.62. The number of quaternary nitrogens is 1. The fraction of sp³-hybridized carbons (Fsp3) is 0.841. The van der Waals surface area contributed by atoms with Crippen LogP contribution in [0.15, 0.2) is 60.8 Å². The van der Waals surface area contributed by atoms with Crippen LogP contribution in [0.25, 0.3) is 0 Å². The number of nitrogens with zero attached hydrogens (tertiary/aromatic N) is 1. The van der Waals surface area contributed by atoms with Gasteiger partial charge in [-0.2, -0.15) is 0 Å². The van der Waals surface area contributed by atoms with Crippen molar-refractivity contribution in [3.05, 3.63) is 60.8 Å². The van der Waals surface area contributed by atoms with Gasteiger partial charge in [0.25, 0.3) is 0 Å². The predicted molar refractivity (Wildman–Crippen MR) is 389 cm³/mol. The highest BCUT2D eigenvalue weighted by molar-refractivity contribution is 5.70. The molecule has 0 aliphatic rings. The number of carbonyl (C=O) groups excluding carboxylic acids is 3. The van der Waals surface area contributed by atoms with Gasteiger partial charge in [-0.15, -0.1) is 0 Å². The number of allylic oxidation sites excluding steroid dienone is 10. The maximum Gasteiger partial charge on any atom is 0.306 e. The van der Waals surface area contributed by atoms with Crippen molar-refractivity contribution in [2.24, 2.45) is 0 Å². The fourth-order valence-corrected chi connectivity index (χ4v) is 11.8. The third kappa shape index (κ3) is 74.3. The van der Waals surface area contributed by atoms with E-state index in [4.69, 9.17) is 18.9 Å². The van der Waals surface area contributed by atoms with Crippen molar-refractivity contribution < 1.29 is 42.9 Å². The molecule has 2 unspecified atom stereocenters. The molecule has 0 fully saturated rings. The monoisotopic (exact) mass is 1280 g/mol. The fourth-order valence-electron chi connectivity index (χ4n) is 11.8. The van der Waals surface area contributed by atoms with Crippen molar-refractivity contribution in [1.29, 1.82) is 0 Å². The molecule has 0 aromatic carbocycles. The number of carbonyl (C=O) groups is 3. The van der Waals surface area contributed by atoms with E-state index >= 15 is 0 Å². The molecule has 0 saturated carbocycles. The van der Waals surface area contributed by atoms with Gasteiger partial charge in [0.2, 0.25) is 0 Å². The van der Waals surface area contributed by atoms with Crippen molar-refractivity contribution in [3.63, 3.8) is 0 Å². The van der Waals surface area contributed by atoms with Crippen LogP contribution in [0.2, 0.25) is 0 Å². The van der Waals surface area contributed by atoms with Gasteiger partial charge >= 0.3 is 11.9 Å². The molecule has 0 rings (SSSR count). The molecule has 0 amide bonds. The summed E-state index contributed by atoms with van der Waals surface area (Å²) < 4.78 is 22.9. The zero-order chi connectivity index (χ0) is 66.1. The summed E-state index contributed by atoms with van der Waals surface area (Å²) >= 11 is 0. The quantitative estimate of drug-likeness (QED) is 0.0195. The number of hydrogen-bond acceptors (Lipinski definition) is 8. The zero-order valence-electron chi connectivity index (χ0n) is 61.0. The molecule has 532 valence electrons. The van der Waals surface area contributed by atoms with E-state index in [1.165, 1.54) is 289 Å². The van der Waals surface area contributed by atoms with E-state index in [0.29, 0.717) is 17.4 Å². The highest BCUT2D eigenvalue weighted by Crippen LogP contribution is 2.20. The van der Waals surface area contributed by atoms with Gasteiger partial charge in [-0.1, -0.05) is 376 Å². The third-order valence-electron chi connectivity index (χ3n) is 17.8. The molecular weight excluding hydrogens is 1130 g/mol. The Balaban J connectivity index is 3.98. The lowest BCUT2D eigenvalue weighted by Crippen LogP contribution is -2.44. The van der Waals surface area contributed by atoms with Crippen LogP contribution in [0, 0.1) is 0 Å². The zero-order valence-corrected chi connectivity index (χ0v) is 61.0. The first-order valence-corrected chi connectivity index (χ1v) is 39.4. The highest BCUT2D eigenvalue weighted by atomic mass is 16.7. The molecule has 9 nitrogen and oxygen atoms in total. The largest absolute Gasteiger partial charge is 0.545 e. The van der Waals surface area contributed by atoms with Crippen LogP contribution in [-0.4, -0.2) is 82.3 Å². The molecule has 0 N–H and O–H groups in total. The molecule has 0 radical (unpaired) electrons. The second-order valence-electron chi connectivity index (χ2n) is 28.0. The first-order valence-electron chi connectivity index (χ1n) is 39.4. The minimum absolute atomic E-state index is 0.150. The van der Waals surface area contributed by atoms with Crippen LogP contribution in [0.5, 0.6) is 0 Å². The Kier molecular flexibility index (Phi) is 70.4. The lowest BCUT2D eigenvalue weighted by molar-refractivity contribution is -0.870. The smallest absolute Gasteiger partial charge is 0.306 e. The summed E-state index contributed by atoms with van der Waals surface area (Å²) in [4.78, 5) is 37.6. The van der Waals surface area contributed by atoms with Crippen LogP contribution in [-0.2, 0) is 33.3 Å². The molecular formula is C82H151NO8. The van der Waals surface area contributed by atoms with Gasteiger partial charge in [0.1, 0.15) is 13.2 Å². The summed E-state index contributed by atoms with van der Waals surface area (Å²) in [5.41, 5.74) is 0. The number of ether oxygens (including phenoxy) is 4. The van der Waals surface area contributed by atoms with Crippen molar-refractivity contribution in [2.75, 3.05) is 47.5 Å². The number of esters is 2. The molecule has 0 spiro atoms. The van der Waals surface area contributed by atoms with E-state index in [1.54, 1.807) is 0 Å². The van der Waals surface area contributed by atoms with Gasteiger partial charge in [-0.25, -0.2) is 0 Å². The normalized spacial score (nSPS) is 12.9. The van der Waals surface area contributed by atoms with Gasteiger partial charge < -0.3 is 33.3 Å². The Hall–Kier alpha value is -3.01. The van der Waals surface area contributed by atoms with E-state index in [9.17, 15) is 19.5 Å². The predicted octanol–water partition coefficient (Wildman–Crippen LogP) is 23.7. The van der Waals surface area contributed by atoms with Gasteiger partial charge in [0, 0.05) is 12.8 Å². The molecule has 0 bridgehead atoms. The Morgan fingerprint density at radius 3 is 0.934 bits per heavy atom. The number of hydrogen-bond donors (Lipinski definition) is 0. The van der Waals surface area contributed by atoms with E-state index in [0.717, 1.165) is 70.6 Å². The molecule has 91 heavy (non-hydrogen) atoms. The third-order valence-corrected chi connectivity index (χ3v) is 17.8. The lowest BCUT2D eigenvalue weighted by atomic mass is 10.0. The minimum Gasteiger partial charge on any atom is -0.545 e. The summed E-state index contributed by atoms with van der Waals surface area (Å²) in [5, 5.41) is 11.9. The molecule has 0 heterocycles. The van der Waals surface area contributed by atoms with Crippen LogP contribution in [0.3, 0.4) is 0 Å². The lowest BCUT2D eigenvalue weighted by Gasteiger charge is -2.26. The molecule has 0 aromatic rings. The Morgan fingerprint density at radius 2 is 0.626 bits per heavy atom. The number of carboxylic acids is 1. The molecule has 9 heteroatoms. The van der Waals surface area contributed by atoms with Crippen molar-refractivity contribution in [1.82, 2.24) is 0 Å².